The zero-order valence-corrected chi connectivity index (χ0v) is 14.9. The molecule has 6 heteroatoms. The molecule has 0 aliphatic heterocycles. The summed E-state index contributed by atoms with van der Waals surface area (Å²) in [5.41, 5.74) is 2.87. The highest BCUT2D eigenvalue weighted by molar-refractivity contribution is 6.04. The summed E-state index contributed by atoms with van der Waals surface area (Å²) in [4.78, 5) is 30.2. The van der Waals surface area contributed by atoms with Gasteiger partial charge in [0, 0.05) is 29.3 Å². The van der Waals surface area contributed by atoms with E-state index in [1.807, 2.05) is 31.7 Å². The quantitative estimate of drug-likeness (QED) is 0.813. The zero-order chi connectivity index (χ0) is 18.2. The number of benzene rings is 1. The third kappa shape index (κ3) is 5.39. The van der Waals surface area contributed by atoms with Gasteiger partial charge in [0.2, 0.25) is 5.91 Å². The summed E-state index contributed by atoms with van der Waals surface area (Å²) in [7, 11) is 0. The first-order chi connectivity index (χ1) is 12.0. The standard InChI is InChI=1S/C19H24N4O2/c1-4-23(5-2)13-18(24)22-17-7-6-16(12-14(17)3)21-19(25)15-8-10-20-11-9-15/h6-12H,4-5,13H2,1-3H3,(H,21,25)(H,22,24). The maximum atomic E-state index is 12.2. The molecule has 132 valence electrons. The Hall–Kier alpha value is -2.73. The van der Waals surface area contributed by atoms with Crippen LogP contribution in [0.4, 0.5) is 11.4 Å². The first-order valence-corrected chi connectivity index (χ1v) is 8.37. The summed E-state index contributed by atoms with van der Waals surface area (Å²) in [6.07, 6.45) is 3.16. The van der Waals surface area contributed by atoms with Crippen LogP contribution in [0.3, 0.4) is 0 Å². The SMILES string of the molecule is CCN(CC)CC(=O)Nc1ccc(NC(=O)c2ccncc2)cc1C. The number of carbonyl (C=O) groups excluding carboxylic acids is 2. The van der Waals surface area contributed by atoms with Crippen LogP contribution in [0.1, 0.15) is 29.8 Å². The molecule has 0 fully saturated rings. The van der Waals surface area contributed by atoms with Crippen molar-refractivity contribution >= 4 is 23.2 Å². The number of aryl methyl sites for hydroxylation is 1. The van der Waals surface area contributed by atoms with Crippen molar-refractivity contribution in [3.63, 3.8) is 0 Å². The highest BCUT2D eigenvalue weighted by atomic mass is 16.2. The molecule has 0 saturated carbocycles. The van der Waals surface area contributed by atoms with Crippen molar-refractivity contribution in [2.45, 2.75) is 20.8 Å². The molecule has 1 aromatic heterocycles. The monoisotopic (exact) mass is 340 g/mol. The molecule has 0 atom stereocenters. The number of carbonyl (C=O) groups is 2. The van der Waals surface area contributed by atoms with E-state index in [0.29, 0.717) is 17.8 Å². The highest BCUT2D eigenvalue weighted by Gasteiger charge is 2.10. The molecule has 1 heterocycles. The van der Waals surface area contributed by atoms with Gasteiger partial charge in [0.25, 0.3) is 5.91 Å². The number of nitrogens with zero attached hydrogens (tertiary/aromatic N) is 2. The molecule has 0 aliphatic rings. The maximum absolute atomic E-state index is 12.2. The van der Waals surface area contributed by atoms with Crippen LogP contribution in [0.15, 0.2) is 42.7 Å². The van der Waals surface area contributed by atoms with Gasteiger partial charge in [0.1, 0.15) is 0 Å². The summed E-state index contributed by atoms with van der Waals surface area (Å²) in [6.45, 7) is 8.00. The summed E-state index contributed by atoms with van der Waals surface area (Å²) in [5.74, 6) is -0.236. The molecule has 2 N–H and O–H groups in total. The van der Waals surface area contributed by atoms with Crippen LogP contribution in [-0.2, 0) is 4.79 Å². The molecule has 0 aliphatic carbocycles. The van der Waals surface area contributed by atoms with E-state index in [1.165, 1.54) is 0 Å². The number of anilines is 2. The number of nitrogens with one attached hydrogen (secondary N) is 2. The second-order valence-corrected chi connectivity index (χ2v) is 5.73. The Morgan fingerprint density at radius 3 is 2.32 bits per heavy atom. The Bertz CT molecular complexity index is 727. The molecule has 0 bridgehead atoms. The Morgan fingerprint density at radius 1 is 1.04 bits per heavy atom. The van der Waals surface area contributed by atoms with E-state index in [9.17, 15) is 9.59 Å². The van der Waals surface area contributed by atoms with Gasteiger partial charge in [-0.05, 0) is 55.9 Å². The largest absolute Gasteiger partial charge is 0.325 e. The fourth-order valence-electron chi connectivity index (χ4n) is 2.43. The van der Waals surface area contributed by atoms with E-state index in [0.717, 1.165) is 24.3 Å². The van der Waals surface area contributed by atoms with E-state index in [1.54, 1.807) is 36.7 Å². The van der Waals surface area contributed by atoms with E-state index in [4.69, 9.17) is 0 Å². The molecule has 1 aromatic carbocycles. The average molecular weight is 340 g/mol. The number of hydrogen-bond donors (Lipinski definition) is 2. The predicted octanol–water partition coefficient (Wildman–Crippen LogP) is 2.92. The van der Waals surface area contributed by atoms with Gasteiger partial charge >= 0.3 is 0 Å². The highest BCUT2D eigenvalue weighted by Crippen LogP contribution is 2.20. The van der Waals surface area contributed by atoms with Crippen LogP contribution in [0, 0.1) is 6.92 Å². The van der Waals surface area contributed by atoms with E-state index < -0.39 is 0 Å². The molecule has 0 saturated heterocycles. The third-order valence-corrected chi connectivity index (χ3v) is 3.96. The normalized spacial score (nSPS) is 10.6. The van der Waals surface area contributed by atoms with Gasteiger partial charge in [-0.3, -0.25) is 19.5 Å². The Labute approximate surface area is 148 Å². The lowest BCUT2D eigenvalue weighted by molar-refractivity contribution is -0.117. The van der Waals surface area contributed by atoms with E-state index in [2.05, 4.69) is 15.6 Å². The van der Waals surface area contributed by atoms with E-state index >= 15 is 0 Å². The number of hydrogen-bond acceptors (Lipinski definition) is 4. The van der Waals surface area contributed by atoms with Gasteiger partial charge < -0.3 is 10.6 Å². The first-order valence-electron chi connectivity index (χ1n) is 8.37. The molecule has 2 amide bonds. The van der Waals surface area contributed by atoms with Crippen LogP contribution in [-0.4, -0.2) is 41.3 Å². The van der Waals surface area contributed by atoms with Gasteiger partial charge in [-0.2, -0.15) is 0 Å². The Morgan fingerprint density at radius 2 is 1.72 bits per heavy atom. The van der Waals surface area contributed by atoms with Gasteiger partial charge in [-0.25, -0.2) is 0 Å². The number of likely N-dealkylation sites (N-methyl/N-ethyl adjacent to an activating group) is 1. The van der Waals surface area contributed by atoms with Crippen molar-refractivity contribution in [2.75, 3.05) is 30.3 Å². The Kier molecular flexibility index (Phi) is 6.65. The third-order valence-electron chi connectivity index (χ3n) is 3.96. The number of aromatic nitrogens is 1. The Balaban J connectivity index is 2.00. The molecule has 0 spiro atoms. The van der Waals surface area contributed by atoms with E-state index in [-0.39, 0.29) is 11.8 Å². The summed E-state index contributed by atoms with van der Waals surface area (Å²) >= 11 is 0. The topological polar surface area (TPSA) is 74.3 Å². The minimum Gasteiger partial charge on any atom is -0.325 e. The average Bonchev–Trinajstić information content (AvgIpc) is 2.62. The van der Waals surface area contributed by atoms with Crippen LogP contribution in [0.2, 0.25) is 0 Å². The molecular weight excluding hydrogens is 316 g/mol. The number of rotatable bonds is 7. The van der Waals surface area contributed by atoms with Crippen LogP contribution >= 0.6 is 0 Å². The summed E-state index contributed by atoms with van der Waals surface area (Å²) in [5, 5.41) is 5.76. The molecule has 2 aromatic rings. The van der Waals surface area contributed by atoms with Crippen molar-refractivity contribution in [1.82, 2.24) is 9.88 Å². The molecule has 6 nitrogen and oxygen atoms in total. The lowest BCUT2D eigenvalue weighted by Crippen LogP contribution is -2.33. The van der Waals surface area contributed by atoms with Crippen molar-refractivity contribution in [2.24, 2.45) is 0 Å². The fourth-order valence-corrected chi connectivity index (χ4v) is 2.43. The maximum Gasteiger partial charge on any atom is 0.255 e. The second-order valence-electron chi connectivity index (χ2n) is 5.73. The molecular formula is C19H24N4O2. The lowest BCUT2D eigenvalue weighted by atomic mass is 10.1. The van der Waals surface area contributed by atoms with Crippen molar-refractivity contribution in [3.8, 4) is 0 Å². The van der Waals surface area contributed by atoms with Crippen molar-refractivity contribution in [3.05, 3.63) is 53.9 Å². The first kappa shape index (κ1) is 18.6. The van der Waals surface area contributed by atoms with Crippen LogP contribution in [0.25, 0.3) is 0 Å². The number of amides is 2. The second kappa shape index (κ2) is 8.94. The smallest absolute Gasteiger partial charge is 0.255 e. The molecule has 25 heavy (non-hydrogen) atoms. The predicted molar refractivity (Wildman–Crippen MR) is 99.8 cm³/mol. The molecule has 0 unspecified atom stereocenters. The van der Waals surface area contributed by atoms with Crippen molar-refractivity contribution in [1.29, 1.82) is 0 Å². The summed E-state index contributed by atoms with van der Waals surface area (Å²) < 4.78 is 0. The molecule has 0 radical (unpaired) electrons. The lowest BCUT2D eigenvalue weighted by Gasteiger charge is -2.18. The van der Waals surface area contributed by atoms with Gasteiger partial charge in [0.05, 0.1) is 6.54 Å². The van der Waals surface area contributed by atoms with Crippen LogP contribution < -0.4 is 10.6 Å². The molecule has 2 rings (SSSR count). The number of pyridine rings is 1. The van der Waals surface area contributed by atoms with Gasteiger partial charge in [-0.1, -0.05) is 13.8 Å². The minimum absolute atomic E-state index is 0.0413. The van der Waals surface area contributed by atoms with Gasteiger partial charge in [-0.15, -0.1) is 0 Å². The fraction of sp³-hybridized carbons (Fsp3) is 0.316. The van der Waals surface area contributed by atoms with Crippen LogP contribution in [0.5, 0.6) is 0 Å². The zero-order valence-electron chi connectivity index (χ0n) is 14.9. The van der Waals surface area contributed by atoms with Gasteiger partial charge in [0.15, 0.2) is 0 Å². The minimum atomic E-state index is -0.194. The van der Waals surface area contributed by atoms with Crippen molar-refractivity contribution < 1.29 is 9.59 Å². The summed E-state index contributed by atoms with van der Waals surface area (Å²) in [6, 6.07) is 8.73.